The molecule has 0 fully saturated rings. The first kappa shape index (κ1) is 21.0. The Kier molecular flexibility index (Phi) is 6.34. The molecule has 0 aliphatic heterocycles. The van der Waals surface area contributed by atoms with Gasteiger partial charge in [0.05, 0.1) is 16.3 Å². The summed E-state index contributed by atoms with van der Waals surface area (Å²) in [7, 11) is 0. The molecule has 9 heteroatoms. The number of nitrogens with one attached hydrogen (secondary N) is 1. The Morgan fingerprint density at radius 2 is 2.07 bits per heavy atom. The molecule has 1 aromatic carbocycles. The molecule has 3 N–H and O–H groups in total. The first-order valence-electron chi connectivity index (χ1n) is 9.09. The summed E-state index contributed by atoms with van der Waals surface area (Å²) in [6.45, 7) is 3.57. The number of aromatic nitrogens is 2. The number of hydrogen-bond acceptors (Lipinski definition) is 4. The third-order valence-corrected chi connectivity index (χ3v) is 4.73. The number of imidazole rings is 1. The van der Waals surface area contributed by atoms with Crippen molar-refractivity contribution in [3.8, 4) is 5.75 Å². The van der Waals surface area contributed by atoms with Crippen molar-refractivity contribution in [1.29, 1.82) is 0 Å². The molecule has 3 rings (SSSR count). The second-order valence-electron chi connectivity index (χ2n) is 6.63. The molecular formula is C20H21ClF2N4O2. The van der Waals surface area contributed by atoms with Gasteiger partial charge in [-0.05, 0) is 25.5 Å². The van der Waals surface area contributed by atoms with Crippen LogP contribution in [0.3, 0.4) is 0 Å². The van der Waals surface area contributed by atoms with Crippen molar-refractivity contribution in [1.82, 2.24) is 14.7 Å². The quantitative estimate of drug-likeness (QED) is 0.609. The second kappa shape index (κ2) is 8.75. The number of aryl methyl sites for hydroxylation is 1. The Morgan fingerprint density at radius 3 is 2.72 bits per heavy atom. The molecule has 154 valence electrons. The molecule has 2 heterocycles. The number of fused-ring (bicyclic) bond motifs is 1. The first-order valence-corrected chi connectivity index (χ1v) is 9.47. The minimum absolute atomic E-state index is 0.156. The highest BCUT2D eigenvalue weighted by atomic mass is 35.5. The summed E-state index contributed by atoms with van der Waals surface area (Å²) >= 11 is 6.18. The number of benzene rings is 1. The van der Waals surface area contributed by atoms with Gasteiger partial charge in [-0.1, -0.05) is 24.6 Å². The fraction of sp³-hybridized carbons (Fsp3) is 0.300. The molecule has 0 saturated heterocycles. The number of rotatable bonds is 7. The molecule has 0 aliphatic carbocycles. The molecule has 0 radical (unpaired) electrons. The monoisotopic (exact) mass is 422 g/mol. The average Bonchev–Trinajstić information content (AvgIpc) is 3.01. The van der Waals surface area contributed by atoms with E-state index < -0.39 is 11.6 Å². The van der Waals surface area contributed by atoms with Crippen molar-refractivity contribution >= 4 is 23.2 Å². The Hall–Kier alpha value is -2.71. The fourth-order valence-electron chi connectivity index (χ4n) is 2.85. The molecule has 1 atom stereocenters. The van der Waals surface area contributed by atoms with E-state index in [1.807, 2.05) is 6.92 Å². The molecule has 3 aromatic rings. The maximum atomic E-state index is 13.9. The van der Waals surface area contributed by atoms with Crippen LogP contribution in [0.25, 0.3) is 5.65 Å². The van der Waals surface area contributed by atoms with Gasteiger partial charge in [0.1, 0.15) is 23.9 Å². The van der Waals surface area contributed by atoms with Crippen LogP contribution in [0.15, 0.2) is 30.5 Å². The number of carbonyl (C=O) groups excluding carboxylic acids is 1. The topological polar surface area (TPSA) is 81.6 Å². The molecule has 0 spiro atoms. The minimum Gasteiger partial charge on any atom is -0.485 e. The van der Waals surface area contributed by atoms with Gasteiger partial charge >= 0.3 is 0 Å². The van der Waals surface area contributed by atoms with E-state index in [2.05, 4.69) is 10.3 Å². The first-order chi connectivity index (χ1) is 13.8. The van der Waals surface area contributed by atoms with Gasteiger partial charge in [0.15, 0.2) is 11.4 Å². The van der Waals surface area contributed by atoms with Gasteiger partial charge in [0.25, 0.3) is 5.91 Å². The van der Waals surface area contributed by atoms with Gasteiger partial charge in [0, 0.05) is 24.8 Å². The van der Waals surface area contributed by atoms with Crippen molar-refractivity contribution in [3.05, 3.63) is 64.1 Å². The Bertz CT molecular complexity index is 1030. The van der Waals surface area contributed by atoms with Crippen LogP contribution in [0.2, 0.25) is 5.02 Å². The summed E-state index contributed by atoms with van der Waals surface area (Å²) in [5.41, 5.74) is 6.70. The van der Waals surface area contributed by atoms with E-state index in [9.17, 15) is 13.6 Å². The van der Waals surface area contributed by atoms with Gasteiger partial charge < -0.3 is 15.8 Å². The average molecular weight is 423 g/mol. The highest BCUT2D eigenvalue weighted by Gasteiger charge is 2.20. The van der Waals surface area contributed by atoms with Crippen LogP contribution in [0.1, 0.15) is 35.1 Å². The van der Waals surface area contributed by atoms with Gasteiger partial charge in [-0.25, -0.2) is 13.8 Å². The summed E-state index contributed by atoms with van der Waals surface area (Å²) in [4.78, 5) is 17.0. The number of halogens is 3. The highest BCUT2D eigenvalue weighted by Crippen LogP contribution is 2.28. The summed E-state index contributed by atoms with van der Waals surface area (Å²) in [6, 6.07) is 4.91. The Labute approximate surface area is 171 Å². The molecule has 1 unspecified atom stereocenters. The van der Waals surface area contributed by atoms with Crippen LogP contribution >= 0.6 is 11.6 Å². The Balaban J connectivity index is 1.93. The standard InChI is InChI=1S/C20H21ClF2N4O2/c1-3-13(24)8-25-20(28)18-11(2)26-19-17(7-12(21)9-27(18)19)29-10-14-15(22)5-4-6-16(14)23/h4-7,9,13H,3,8,10,24H2,1-2H3,(H,25,28). The van der Waals surface area contributed by atoms with E-state index in [1.165, 1.54) is 22.7 Å². The molecular weight excluding hydrogens is 402 g/mol. The maximum absolute atomic E-state index is 13.9. The van der Waals surface area contributed by atoms with E-state index >= 15 is 0 Å². The van der Waals surface area contributed by atoms with Gasteiger partial charge in [-0.15, -0.1) is 0 Å². The van der Waals surface area contributed by atoms with Crippen molar-refractivity contribution in [2.24, 2.45) is 5.73 Å². The summed E-state index contributed by atoms with van der Waals surface area (Å²) < 4.78 is 34.8. The predicted octanol–water partition coefficient (Wildman–Crippen LogP) is 3.62. The largest absolute Gasteiger partial charge is 0.485 e. The van der Waals surface area contributed by atoms with Gasteiger partial charge in [-0.3, -0.25) is 9.20 Å². The number of nitrogens with zero attached hydrogens (tertiary/aromatic N) is 2. The fourth-order valence-corrected chi connectivity index (χ4v) is 3.04. The molecule has 0 aliphatic rings. The zero-order chi connectivity index (χ0) is 21.1. The lowest BCUT2D eigenvalue weighted by Gasteiger charge is -2.12. The lowest BCUT2D eigenvalue weighted by atomic mass is 10.2. The highest BCUT2D eigenvalue weighted by molar-refractivity contribution is 6.30. The Morgan fingerprint density at radius 1 is 1.38 bits per heavy atom. The maximum Gasteiger partial charge on any atom is 0.270 e. The van der Waals surface area contributed by atoms with Crippen molar-refractivity contribution in [2.75, 3.05) is 6.54 Å². The zero-order valence-electron chi connectivity index (χ0n) is 16.0. The van der Waals surface area contributed by atoms with Gasteiger partial charge in [0.2, 0.25) is 0 Å². The summed E-state index contributed by atoms with van der Waals surface area (Å²) in [5, 5.41) is 3.05. The molecule has 1 amide bonds. The van der Waals surface area contributed by atoms with Gasteiger partial charge in [-0.2, -0.15) is 0 Å². The predicted molar refractivity (Wildman–Crippen MR) is 106 cm³/mol. The number of amides is 1. The van der Waals surface area contributed by atoms with E-state index in [4.69, 9.17) is 22.1 Å². The summed E-state index contributed by atoms with van der Waals surface area (Å²) in [5.74, 6) is -1.58. The van der Waals surface area contributed by atoms with E-state index in [0.717, 1.165) is 18.6 Å². The van der Waals surface area contributed by atoms with Crippen molar-refractivity contribution in [2.45, 2.75) is 32.9 Å². The zero-order valence-corrected chi connectivity index (χ0v) is 16.8. The number of carbonyl (C=O) groups is 1. The van der Waals surface area contributed by atoms with E-state index in [-0.39, 0.29) is 40.6 Å². The lowest BCUT2D eigenvalue weighted by molar-refractivity contribution is 0.0944. The number of pyridine rings is 1. The normalized spacial score (nSPS) is 12.2. The van der Waals surface area contributed by atoms with Crippen LogP contribution in [0.5, 0.6) is 5.75 Å². The van der Waals surface area contributed by atoms with E-state index in [0.29, 0.717) is 17.9 Å². The second-order valence-corrected chi connectivity index (χ2v) is 7.07. The summed E-state index contributed by atoms with van der Waals surface area (Å²) in [6.07, 6.45) is 2.25. The molecule has 0 bridgehead atoms. The molecule has 29 heavy (non-hydrogen) atoms. The van der Waals surface area contributed by atoms with Crippen LogP contribution in [0, 0.1) is 18.6 Å². The van der Waals surface area contributed by atoms with E-state index in [1.54, 1.807) is 6.92 Å². The van der Waals surface area contributed by atoms with Crippen molar-refractivity contribution in [3.63, 3.8) is 0 Å². The number of nitrogens with two attached hydrogens (primary N) is 1. The van der Waals surface area contributed by atoms with Crippen LogP contribution in [-0.4, -0.2) is 27.9 Å². The molecule has 2 aromatic heterocycles. The SMILES string of the molecule is CCC(N)CNC(=O)c1c(C)nc2c(OCc3c(F)cccc3F)cc(Cl)cn12. The van der Waals surface area contributed by atoms with Crippen molar-refractivity contribution < 1.29 is 18.3 Å². The number of hydrogen-bond donors (Lipinski definition) is 2. The third-order valence-electron chi connectivity index (χ3n) is 4.53. The molecule has 6 nitrogen and oxygen atoms in total. The third kappa shape index (κ3) is 4.49. The van der Waals surface area contributed by atoms with Crippen LogP contribution in [-0.2, 0) is 6.61 Å². The minimum atomic E-state index is -0.713. The number of ether oxygens (including phenoxy) is 1. The van der Waals surface area contributed by atoms with Crippen LogP contribution < -0.4 is 15.8 Å². The smallest absolute Gasteiger partial charge is 0.270 e. The van der Waals surface area contributed by atoms with Crippen LogP contribution in [0.4, 0.5) is 8.78 Å². The molecule has 0 saturated carbocycles. The lowest BCUT2D eigenvalue weighted by Crippen LogP contribution is -2.37.